The van der Waals surface area contributed by atoms with Gasteiger partial charge in [0.05, 0.1) is 37.4 Å². The van der Waals surface area contributed by atoms with Crippen molar-refractivity contribution in [1.82, 2.24) is 4.57 Å². The van der Waals surface area contributed by atoms with Crippen molar-refractivity contribution in [3.8, 4) is 17.2 Å². The number of nitrogens with zero attached hydrogens (tertiary/aromatic N) is 1. The number of rotatable bonds is 6. The van der Waals surface area contributed by atoms with Crippen LogP contribution in [0.4, 0.5) is 11.4 Å². The fraction of sp³-hybridized carbons (Fsp3) is 0.182. The van der Waals surface area contributed by atoms with Crippen molar-refractivity contribution in [3.63, 3.8) is 0 Å². The number of hydrogen-bond donors (Lipinski definition) is 2. The van der Waals surface area contributed by atoms with Gasteiger partial charge in [-0.05, 0) is 30.3 Å². The molecule has 9 heteroatoms. The highest BCUT2D eigenvalue weighted by Gasteiger charge is 2.20. The molecule has 0 saturated heterocycles. The van der Waals surface area contributed by atoms with Crippen LogP contribution in [0.25, 0.3) is 21.8 Å². The third-order valence-corrected chi connectivity index (χ3v) is 6.61. The van der Waals surface area contributed by atoms with Crippen LogP contribution in [-0.4, -0.2) is 34.3 Å². The predicted octanol–water partition coefficient (Wildman–Crippen LogP) is 3.74. The average Bonchev–Trinajstić information content (AvgIpc) is 3.03. The lowest BCUT2D eigenvalue weighted by Crippen LogP contribution is -2.13. The van der Waals surface area contributed by atoms with Gasteiger partial charge in [0.1, 0.15) is 0 Å². The first-order chi connectivity index (χ1) is 14.8. The van der Waals surface area contributed by atoms with Crippen LogP contribution in [0.3, 0.4) is 0 Å². The van der Waals surface area contributed by atoms with Crippen molar-refractivity contribution in [3.05, 3.63) is 48.5 Å². The van der Waals surface area contributed by atoms with Gasteiger partial charge in [-0.3, -0.25) is 4.72 Å². The molecule has 0 unspecified atom stereocenters. The van der Waals surface area contributed by atoms with Crippen molar-refractivity contribution in [2.45, 2.75) is 4.90 Å². The minimum absolute atomic E-state index is 0.137. The Labute approximate surface area is 180 Å². The van der Waals surface area contributed by atoms with E-state index in [1.807, 2.05) is 23.7 Å². The van der Waals surface area contributed by atoms with E-state index in [0.29, 0.717) is 28.6 Å². The van der Waals surface area contributed by atoms with E-state index in [4.69, 9.17) is 19.9 Å². The Morgan fingerprint density at radius 3 is 2.13 bits per heavy atom. The summed E-state index contributed by atoms with van der Waals surface area (Å²) in [5.41, 5.74) is 8.70. The van der Waals surface area contributed by atoms with Crippen molar-refractivity contribution < 1.29 is 22.6 Å². The number of nitrogen functional groups attached to an aromatic ring is 1. The Kier molecular flexibility index (Phi) is 5.06. The molecule has 4 rings (SSSR count). The van der Waals surface area contributed by atoms with Crippen LogP contribution in [0.1, 0.15) is 0 Å². The summed E-state index contributed by atoms with van der Waals surface area (Å²) in [5, 5.41) is 1.75. The summed E-state index contributed by atoms with van der Waals surface area (Å²) < 4.78 is 46.8. The number of nitrogens with one attached hydrogen (secondary N) is 1. The second kappa shape index (κ2) is 7.59. The van der Waals surface area contributed by atoms with Crippen LogP contribution in [0, 0.1) is 0 Å². The number of methoxy groups -OCH3 is 3. The molecule has 0 atom stereocenters. The normalized spacial score (nSPS) is 11.6. The van der Waals surface area contributed by atoms with Crippen molar-refractivity contribution in [2.24, 2.45) is 7.05 Å². The summed E-state index contributed by atoms with van der Waals surface area (Å²) in [6, 6.07) is 13.7. The first kappa shape index (κ1) is 20.7. The van der Waals surface area contributed by atoms with Gasteiger partial charge in [0, 0.05) is 41.2 Å². The van der Waals surface area contributed by atoms with Crippen LogP contribution >= 0.6 is 0 Å². The second-order valence-electron chi connectivity index (χ2n) is 7.03. The Balaban J connectivity index is 1.80. The summed E-state index contributed by atoms with van der Waals surface area (Å²) in [5.74, 6) is 1.08. The highest BCUT2D eigenvalue weighted by Crippen LogP contribution is 2.40. The topological polar surface area (TPSA) is 105 Å². The van der Waals surface area contributed by atoms with Gasteiger partial charge >= 0.3 is 0 Å². The lowest BCUT2D eigenvalue weighted by atomic mass is 10.1. The van der Waals surface area contributed by atoms with Crippen molar-refractivity contribution >= 4 is 43.2 Å². The SMILES string of the molecule is COc1cc(NS(=O)(=O)c2ccc3c(c2)c2ccc(N)cc2n3C)cc(OC)c1OC. The quantitative estimate of drug-likeness (QED) is 0.442. The predicted molar refractivity (Wildman–Crippen MR) is 122 cm³/mol. The molecule has 0 spiro atoms. The van der Waals surface area contributed by atoms with E-state index in [9.17, 15) is 8.42 Å². The highest BCUT2D eigenvalue weighted by atomic mass is 32.2. The van der Waals surface area contributed by atoms with Gasteiger partial charge in [0.25, 0.3) is 10.0 Å². The maximum atomic E-state index is 13.1. The van der Waals surface area contributed by atoms with E-state index in [1.54, 1.807) is 24.3 Å². The van der Waals surface area contributed by atoms with Crippen LogP contribution in [0.2, 0.25) is 0 Å². The molecule has 0 fully saturated rings. The molecule has 0 bridgehead atoms. The summed E-state index contributed by atoms with van der Waals surface area (Å²) >= 11 is 0. The molecule has 0 saturated carbocycles. The Hall–Kier alpha value is -3.59. The Morgan fingerprint density at radius 2 is 1.52 bits per heavy atom. The Bertz CT molecular complexity index is 1380. The first-order valence-corrected chi connectivity index (χ1v) is 10.9. The van der Waals surface area contributed by atoms with E-state index in [0.717, 1.165) is 21.8 Å². The van der Waals surface area contributed by atoms with E-state index in [2.05, 4.69) is 4.72 Å². The lowest BCUT2D eigenvalue weighted by Gasteiger charge is -2.15. The molecule has 0 aliphatic rings. The van der Waals surface area contributed by atoms with Gasteiger partial charge in [-0.25, -0.2) is 8.42 Å². The zero-order chi connectivity index (χ0) is 22.3. The molecule has 3 N–H and O–H groups in total. The van der Waals surface area contributed by atoms with Gasteiger partial charge < -0.3 is 24.5 Å². The van der Waals surface area contributed by atoms with Crippen LogP contribution in [0.5, 0.6) is 17.2 Å². The van der Waals surface area contributed by atoms with Gasteiger partial charge in [0.15, 0.2) is 11.5 Å². The molecule has 8 nitrogen and oxygen atoms in total. The third kappa shape index (κ3) is 3.46. The first-order valence-electron chi connectivity index (χ1n) is 9.39. The monoisotopic (exact) mass is 441 g/mol. The van der Waals surface area contributed by atoms with Crippen molar-refractivity contribution in [2.75, 3.05) is 31.8 Å². The zero-order valence-corrected chi connectivity index (χ0v) is 18.4. The van der Waals surface area contributed by atoms with E-state index in [-0.39, 0.29) is 4.90 Å². The molecular weight excluding hydrogens is 418 g/mol. The highest BCUT2D eigenvalue weighted by molar-refractivity contribution is 7.92. The maximum Gasteiger partial charge on any atom is 0.261 e. The maximum absolute atomic E-state index is 13.1. The van der Waals surface area contributed by atoms with Crippen LogP contribution < -0.4 is 24.7 Å². The van der Waals surface area contributed by atoms with E-state index in [1.165, 1.54) is 33.5 Å². The zero-order valence-electron chi connectivity index (χ0n) is 17.6. The molecular formula is C22H23N3O5S. The number of fused-ring (bicyclic) bond motifs is 3. The fourth-order valence-corrected chi connectivity index (χ4v) is 4.79. The van der Waals surface area contributed by atoms with Gasteiger partial charge in [0.2, 0.25) is 5.75 Å². The summed E-state index contributed by atoms with van der Waals surface area (Å²) in [7, 11) is 2.47. The molecule has 3 aromatic carbocycles. The molecule has 4 aromatic rings. The molecule has 31 heavy (non-hydrogen) atoms. The van der Waals surface area contributed by atoms with Gasteiger partial charge in [-0.15, -0.1) is 0 Å². The molecule has 162 valence electrons. The number of nitrogens with two attached hydrogens (primary N) is 1. The molecule has 0 amide bonds. The average molecular weight is 442 g/mol. The number of aryl methyl sites for hydroxylation is 1. The summed E-state index contributed by atoms with van der Waals surface area (Å²) in [6.45, 7) is 0. The summed E-state index contributed by atoms with van der Waals surface area (Å²) in [6.07, 6.45) is 0. The van der Waals surface area contributed by atoms with Crippen LogP contribution in [-0.2, 0) is 17.1 Å². The number of sulfonamides is 1. The smallest absolute Gasteiger partial charge is 0.261 e. The molecule has 0 aliphatic heterocycles. The van der Waals surface area contributed by atoms with E-state index >= 15 is 0 Å². The molecule has 0 aliphatic carbocycles. The molecule has 0 radical (unpaired) electrons. The van der Waals surface area contributed by atoms with E-state index < -0.39 is 10.0 Å². The number of aromatic nitrogens is 1. The minimum atomic E-state index is -3.88. The van der Waals surface area contributed by atoms with Crippen molar-refractivity contribution in [1.29, 1.82) is 0 Å². The number of benzene rings is 3. The fourth-order valence-electron chi connectivity index (χ4n) is 3.73. The Morgan fingerprint density at radius 1 is 0.839 bits per heavy atom. The number of anilines is 2. The van der Waals surface area contributed by atoms with Crippen LogP contribution in [0.15, 0.2) is 53.4 Å². The third-order valence-electron chi connectivity index (χ3n) is 5.23. The van der Waals surface area contributed by atoms with Gasteiger partial charge in [-0.1, -0.05) is 6.07 Å². The summed E-state index contributed by atoms with van der Waals surface area (Å²) in [4.78, 5) is 0.137. The lowest BCUT2D eigenvalue weighted by molar-refractivity contribution is 0.325. The van der Waals surface area contributed by atoms with Gasteiger partial charge in [-0.2, -0.15) is 0 Å². The largest absolute Gasteiger partial charge is 0.493 e. The molecule has 1 heterocycles. The minimum Gasteiger partial charge on any atom is -0.493 e. The number of ether oxygens (including phenoxy) is 3. The number of hydrogen-bond acceptors (Lipinski definition) is 6. The molecule has 1 aromatic heterocycles. The standard InChI is InChI=1S/C22H23N3O5S/c1-25-18-8-6-15(12-17(18)16-7-5-13(23)9-19(16)25)31(26,27)24-14-10-20(28-2)22(30-4)21(11-14)29-3/h5-12,24H,23H2,1-4H3. The second-order valence-corrected chi connectivity index (χ2v) is 8.72.